The molecular formula is C19H27N3O. The number of H-pyrrole nitrogens is 1. The highest BCUT2D eigenvalue weighted by Crippen LogP contribution is 2.23. The Labute approximate surface area is 138 Å². The number of rotatable bonds is 3. The fraction of sp³-hybridized carbons (Fsp3) is 0.368. The number of aromatic nitrogens is 3. The fourth-order valence-corrected chi connectivity index (χ4v) is 2.24. The molecule has 0 bridgehead atoms. The van der Waals surface area contributed by atoms with Crippen LogP contribution >= 0.6 is 0 Å². The highest BCUT2D eigenvalue weighted by Gasteiger charge is 2.09. The predicted octanol–water partition coefficient (Wildman–Crippen LogP) is 4.92. The summed E-state index contributed by atoms with van der Waals surface area (Å²) >= 11 is 0. The molecule has 0 aliphatic heterocycles. The average molecular weight is 313 g/mol. The highest BCUT2D eigenvalue weighted by atomic mass is 16.5. The summed E-state index contributed by atoms with van der Waals surface area (Å²) < 4.78 is 5.35. The monoisotopic (exact) mass is 313 g/mol. The lowest BCUT2D eigenvalue weighted by molar-refractivity contribution is 0.392. The lowest BCUT2D eigenvalue weighted by atomic mass is 10.1. The maximum Gasteiger partial charge on any atom is 0.216 e. The quantitative estimate of drug-likeness (QED) is 0.747. The molecule has 0 amide bonds. The predicted molar refractivity (Wildman–Crippen MR) is 97.1 cm³/mol. The molecule has 0 fully saturated rings. The van der Waals surface area contributed by atoms with Gasteiger partial charge in [-0.2, -0.15) is 0 Å². The van der Waals surface area contributed by atoms with Gasteiger partial charge in [0.25, 0.3) is 0 Å². The lowest BCUT2D eigenvalue weighted by Crippen LogP contribution is -1.97. The van der Waals surface area contributed by atoms with Crippen LogP contribution in [0.4, 0.5) is 0 Å². The Hall–Kier alpha value is -2.36. The van der Waals surface area contributed by atoms with Crippen molar-refractivity contribution >= 4 is 11.0 Å². The Balaban J connectivity index is 0.000000615. The molecule has 124 valence electrons. The first kappa shape index (κ1) is 18.7. The molecule has 4 heteroatoms. The number of methoxy groups -OCH3 is 1. The molecule has 3 aromatic heterocycles. The molecule has 0 aliphatic carbocycles. The van der Waals surface area contributed by atoms with Crippen LogP contribution in [0.5, 0.6) is 5.88 Å². The van der Waals surface area contributed by atoms with Gasteiger partial charge in [-0.15, -0.1) is 0 Å². The number of pyridine rings is 2. The number of aryl methyl sites for hydroxylation is 1. The number of nitrogens with zero attached hydrogens (tertiary/aromatic N) is 2. The number of hydrogen-bond donors (Lipinski definition) is 1. The van der Waals surface area contributed by atoms with Crippen LogP contribution in [0.2, 0.25) is 0 Å². The molecule has 1 N–H and O–H groups in total. The van der Waals surface area contributed by atoms with E-state index in [4.69, 9.17) is 4.74 Å². The Morgan fingerprint density at radius 1 is 1.04 bits per heavy atom. The van der Waals surface area contributed by atoms with Crippen molar-refractivity contribution in [1.82, 2.24) is 15.0 Å². The zero-order chi connectivity index (χ0) is 17.2. The lowest BCUT2D eigenvalue weighted by Gasteiger charge is -2.07. The second kappa shape index (κ2) is 9.62. The van der Waals surface area contributed by atoms with Gasteiger partial charge >= 0.3 is 0 Å². The normalized spacial score (nSPS) is 9.48. The second-order valence-electron chi connectivity index (χ2n) is 4.51. The van der Waals surface area contributed by atoms with Gasteiger partial charge in [0.05, 0.1) is 7.11 Å². The van der Waals surface area contributed by atoms with E-state index in [1.54, 1.807) is 13.3 Å². The third-order valence-corrected chi connectivity index (χ3v) is 3.19. The number of fused-ring (bicyclic) bond motifs is 1. The van der Waals surface area contributed by atoms with Crippen LogP contribution in [0.15, 0.2) is 36.7 Å². The number of aromatic amines is 1. The minimum Gasteiger partial charge on any atom is -0.481 e. The zero-order valence-corrected chi connectivity index (χ0v) is 15.0. The average Bonchev–Trinajstić information content (AvgIpc) is 3.03. The second-order valence-corrected chi connectivity index (χ2v) is 4.51. The summed E-state index contributed by atoms with van der Waals surface area (Å²) in [6.07, 6.45) is 4.57. The first-order valence-corrected chi connectivity index (χ1v) is 8.19. The summed E-state index contributed by atoms with van der Waals surface area (Å²) in [6, 6.07) is 8.09. The molecule has 3 heterocycles. The molecule has 0 saturated carbocycles. The van der Waals surface area contributed by atoms with E-state index in [0.717, 1.165) is 28.7 Å². The van der Waals surface area contributed by atoms with Crippen molar-refractivity contribution < 1.29 is 4.74 Å². The van der Waals surface area contributed by atoms with Crippen molar-refractivity contribution in [2.75, 3.05) is 7.11 Å². The van der Waals surface area contributed by atoms with Gasteiger partial charge in [0.15, 0.2) is 0 Å². The third-order valence-electron chi connectivity index (χ3n) is 3.19. The molecule has 23 heavy (non-hydrogen) atoms. The van der Waals surface area contributed by atoms with Crippen LogP contribution in [0.25, 0.3) is 11.0 Å². The minimum atomic E-state index is 0.693. The number of hydrogen-bond acceptors (Lipinski definition) is 3. The zero-order valence-electron chi connectivity index (χ0n) is 15.0. The van der Waals surface area contributed by atoms with E-state index in [0.29, 0.717) is 5.88 Å². The van der Waals surface area contributed by atoms with Gasteiger partial charge in [0.2, 0.25) is 5.88 Å². The first-order chi connectivity index (χ1) is 11.3. The summed E-state index contributed by atoms with van der Waals surface area (Å²) in [7, 11) is 1.65. The fourth-order valence-electron chi connectivity index (χ4n) is 2.24. The third kappa shape index (κ3) is 4.55. The van der Waals surface area contributed by atoms with E-state index in [1.807, 2.05) is 52.9 Å². The SMILES string of the molecule is CC.CC.COc1nc(C)ccc1Cc1c[nH]c2ncccc12. The largest absolute Gasteiger partial charge is 0.481 e. The molecule has 0 unspecified atom stereocenters. The molecule has 0 spiro atoms. The van der Waals surface area contributed by atoms with Crippen LogP contribution in [-0.2, 0) is 6.42 Å². The molecule has 0 aliphatic rings. The van der Waals surface area contributed by atoms with Gasteiger partial charge in [0.1, 0.15) is 5.65 Å². The molecule has 0 atom stereocenters. The summed E-state index contributed by atoms with van der Waals surface area (Å²) in [6.45, 7) is 9.96. The van der Waals surface area contributed by atoms with Crippen LogP contribution in [0, 0.1) is 6.92 Å². The van der Waals surface area contributed by atoms with Crippen molar-refractivity contribution in [3.8, 4) is 5.88 Å². The molecule has 3 rings (SSSR count). The van der Waals surface area contributed by atoms with Crippen molar-refractivity contribution in [2.24, 2.45) is 0 Å². The minimum absolute atomic E-state index is 0.693. The number of ether oxygens (including phenoxy) is 1. The van der Waals surface area contributed by atoms with E-state index in [1.165, 1.54) is 5.56 Å². The Bertz CT molecular complexity index is 719. The van der Waals surface area contributed by atoms with Gasteiger partial charge < -0.3 is 9.72 Å². The molecule has 3 aromatic rings. The van der Waals surface area contributed by atoms with Crippen LogP contribution in [0.3, 0.4) is 0 Å². The standard InChI is InChI=1S/C15H15N3O.2C2H6/c1-10-5-6-11(15(18-10)19-2)8-12-9-17-14-13(12)4-3-7-16-14;2*1-2/h3-7,9H,8H2,1-2H3,(H,16,17);2*1-2H3. The molecule has 4 nitrogen and oxygen atoms in total. The van der Waals surface area contributed by atoms with E-state index >= 15 is 0 Å². The van der Waals surface area contributed by atoms with Gasteiger partial charge in [0, 0.05) is 35.5 Å². The molecule has 0 aromatic carbocycles. The Morgan fingerprint density at radius 3 is 2.48 bits per heavy atom. The summed E-state index contributed by atoms with van der Waals surface area (Å²) in [5.41, 5.74) is 4.16. The van der Waals surface area contributed by atoms with E-state index in [-0.39, 0.29) is 0 Å². The van der Waals surface area contributed by atoms with Crippen LogP contribution in [0.1, 0.15) is 44.5 Å². The van der Waals surface area contributed by atoms with Crippen molar-refractivity contribution in [1.29, 1.82) is 0 Å². The summed E-state index contributed by atoms with van der Waals surface area (Å²) in [5, 5.41) is 1.14. The van der Waals surface area contributed by atoms with Crippen molar-refractivity contribution in [2.45, 2.75) is 41.0 Å². The highest BCUT2D eigenvalue weighted by molar-refractivity contribution is 5.79. The molecule has 0 radical (unpaired) electrons. The smallest absolute Gasteiger partial charge is 0.216 e. The molecular weight excluding hydrogens is 286 g/mol. The summed E-state index contributed by atoms with van der Waals surface area (Å²) in [4.78, 5) is 11.9. The van der Waals surface area contributed by atoms with E-state index in [9.17, 15) is 0 Å². The van der Waals surface area contributed by atoms with Gasteiger partial charge in [-0.25, -0.2) is 9.97 Å². The van der Waals surface area contributed by atoms with Crippen molar-refractivity contribution in [3.05, 3.63) is 53.5 Å². The topological polar surface area (TPSA) is 50.8 Å². The van der Waals surface area contributed by atoms with Crippen molar-refractivity contribution in [3.63, 3.8) is 0 Å². The van der Waals surface area contributed by atoms with Gasteiger partial charge in [-0.3, -0.25) is 0 Å². The first-order valence-electron chi connectivity index (χ1n) is 8.19. The summed E-state index contributed by atoms with van der Waals surface area (Å²) in [5.74, 6) is 0.693. The van der Waals surface area contributed by atoms with Crippen LogP contribution in [-0.4, -0.2) is 22.1 Å². The maximum atomic E-state index is 5.35. The van der Waals surface area contributed by atoms with Gasteiger partial charge in [-0.05, 0) is 30.7 Å². The Kier molecular flexibility index (Phi) is 7.81. The van der Waals surface area contributed by atoms with E-state index < -0.39 is 0 Å². The number of nitrogens with one attached hydrogen (secondary N) is 1. The molecule has 0 saturated heterocycles. The van der Waals surface area contributed by atoms with E-state index in [2.05, 4.69) is 27.1 Å². The van der Waals surface area contributed by atoms with Gasteiger partial charge in [-0.1, -0.05) is 33.8 Å². The van der Waals surface area contributed by atoms with Crippen LogP contribution < -0.4 is 4.74 Å². The maximum absolute atomic E-state index is 5.35. The Morgan fingerprint density at radius 2 is 1.78 bits per heavy atom.